The van der Waals surface area contributed by atoms with Crippen LogP contribution < -0.4 is 5.32 Å². The summed E-state index contributed by atoms with van der Waals surface area (Å²) in [5, 5.41) is 3.56. The normalized spacial score (nSPS) is 17.4. The lowest BCUT2D eigenvalue weighted by Gasteiger charge is -2.31. The molecule has 0 bridgehead atoms. The number of halogens is 1. The third kappa shape index (κ3) is 6.75. The zero-order chi connectivity index (χ0) is 20.6. The lowest BCUT2D eigenvalue weighted by Crippen LogP contribution is -2.44. The molecule has 7 heteroatoms. The molecule has 1 amide bonds. The number of hydrogen-bond acceptors (Lipinski definition) is 3. The number of carbonyl (C=O) groups excluding carboxylic acids is 1. The van der Waals surface area contributed by atoms with Gasteiger partial charge in [-0.1, -0.05) is 62.9 Å². The number of nitrogens with one attached hydrogen (secondary N) is 1. The first kappa shape index (κ1) is 23.2. The number of piperidine rings is 1. The van der Waals surface area contributed by atoms with Crippen molar-refractivity contribution in [1.82, 2.24) is 9.62 Å². The zero-order valence-corrected chi connectivity index (χ0v) is 18.6. The fourth-order valence-corrected chi connectivity index (χ4v) is 5.51. The Kier molecular flexibility index (Phi) is 9.25. The predicted molar refractivity (Wildman–Crippen MR) is 115 cm³/mol. The van der Waals surface area contributed by atoms with Gasteiger partial charge >= 0.3 is 0 Å². The Hall–Kier alpha value is -1.11. The summed E-state index contributed by atoms with van der Waals surface area (Å²) in [5.41, 5.74) is 0.613. The molecule has 1 N–H and O–H groups in total. The molecule has 1 heterocycles. The molecule has 1 aliphatic rings. The standard InChI is InChI=1S/C21H33ClN2O3S/c1-3-5-8-17(4-2)15-23-21(25)18-11-13-24(14-12-18)28(26,27)16-19-9-6-7-10-20(19)22/h6-7,9-10,17-18H,3-5,8,11-16H2,1-2H3,(H,23,25)/t17-/m1/s1. The number of amides is 1. The summed E-state index contributed by atoms with van der Waals surface area (Å²) < 4.78 is 26.9. The highest BCUT2D eigenvalue weighted by molar-refractivity contribution is 7.88. The average Bonchev–Trinajstić information content (AvgIpc) is 2.69. The molecule has 28 heavy (non-hydrogen) atoms. The van der Waals surface area contributed by atoms with E-state index in [1.54, 1.807) is 24.3 Å². The Balaban J connectivity index is 1.82. The van der Waals surface area contributed by atoms with Crippen LogP contribution in [0.3, 0.4) is 0 Å². The van der Waals surface area contributed by atoms with Crippen molar-refractivity contribution in [1.29, 1.82) is 0 Å². The highest BCUT2D eigenvalue weighted by Gasteiger charge is 2.31. The SMILES string of the molecule is CCCC[C@@H](CC)CNC(=O)C1CCN(S(=O)(=O)Cc2ccccc2Cl)CC1. The summed E-state index contributed by atoms with van der Waals surface area (Å²) in [6.45, 7) is 5.84. The Labute approximate surface area is 174 Å². The molecule has 0 radical (unpaired) electrons. The summed E-state index contributed by atoms with van der Waals surface area (Å²) in [5.74, 6) is 0.396. The van der Waals surface area contributed by atoms with Crippen molar-refractivity contribution in [2.45, 2.75) is 58.1 Å². The van der Waals surface area contributed by atoms with Gasteiger partial charge in [0, 0.05) is 30.6 Å². The van der Waals surface area contributed by atoms with E-state index in [0.29, 0.717) is 42.4 Å². The number of hydrogen-bond donors (Lipinski definition) is 1. The molecule has 158 valence electrons. The summed E-state index contributed by atoms with van der Waals surface area (Å²) in [6, 6.07) is 7.01. The average molecular weight is 429 g/mol. The highest BCUT2D eigenvalue weighted by Crippen LogP contribution is 2.24. The second kappa shape index (κ2) is 11.2. The van der Waals surface area contributed by atoms with E-state index in [2.05, 4.69) is 19.2 Å². The number of sulfonamides is 1. The van der Waals surface area contributed by atoms with Gasteiger partial charge in [0.05, 0.1) is 5.75 Å². The van der Waals surface area contributed by atoms with E-state index in [0.717, 1.165) is 19.4 Å². The van der Waals surface area contributed by atoms with Crippen molar-refractivity contribution in [2.75, 3.05) is 19.6 Å². The minimum absolute atomic E-state index is 0.0677. The Morgan fingerprint density at radius 2 is 1.93 bits per heavy atom. The van der Waals surface area contributed by atoms with Crippen LogP contribution in [-0.2, 0) is 20.6 Å². The van der Waals surface area contributed by atoms with Gasteiger partial charge in [-0.2, -0.15) is 0 Å². The van der Waals surface area contributed by atoms with Crippen molar-refractivity contribution in [3.63, 3.8) is 0 Å². The third-order valence-corrected chi connectivity index (χ3v) is 7.82. The van der Waals surface area contributed by atoms with E-state index in [4.69, 9.17) is 11.6 Å². The van der Waals surface area contributed by atoms with Crippen molar-refractivity contribution in [3.8, 4) is 0 Å². The van der Waals surface area contributed by atoms with Crippen LogP contribution in [0.25, 0.3) is 0 Å². The van der Waals surface area contributed by atoms with Crippen LogP contribution in [0.15, 0.2) is 24.3 Å². The van der Waals surface area contributed by atoms with E-state index in [9.17, 15) is 13.2 Å². The maximum atomic E-state index is 12.7. The van der Waals surface area contributed by atoms with Gasteiger partial charge in [-0.3, -0.25) is 4.79 Å². The molecule has 1 fully saturated rings. The summed E-state index contributed by atoms with van der Waals surface area (Å²) in [6.07, 6.45) is 5.71. The topological polar surface area (TPSA) is 66.5 Å². The summed E-state index contributed by atoms with van der Waals surface area (Å²) in [7, 11) is -3.43. The zero-order valence-electron chi connectivity index (χ0n) is 17.0. The smallest absolute Gasteiger partial charge is 0.223 e. The first-order valence-corrected chi connectivity index (χ1v) is 12.3. The second-order valence-corrected chi connectivity index (χ2v) is 10.1. The Morgan fingerprint density at radius 1 is 1.25 bits per heavy atom. The Morgan fingerprint density at radius 3 is 2.54 bits per heavy atom. The summed E-state index contributed by atoms with van der Waals surface area (Å²) >= 11 is 6.10. The molecule has 0 spiro atoms. The van der Waals surface area contributed by atoms with Crippen LogP contribution in [0.4, 0.5) is 0 Å². The van der Waals surface area contributed by atoms with Gasteiger partial charge in [0.25, 0.3) is 0 Å². The molecule has 1 atom stereocenters. The van der Waals surface area contributed by atoms with Crippen molar-refractivity contribution < 1.29 is 13.2 Å². The van der Waals surface area contributed by atoms with Gasteiger partial charge in [-0.25, -0.2) is 12.7 Å². The van der Waals surface area contributed by atoms with Crippen molar-refractivity contribution >= 4 is 27.5 Å². The third-order valence-electron chi connectivity index (χ3n) is 5.62. The van der Waals surface area contributed by atoms with Crippen LogP contribution in [0.2, 0.25) is 5.02 Å². The van der Waals surface area contributed by atoms with Gasteiger partial charge in [0.15, 0.2) is 0 Å². The van der Waals surface area contributed by atoms with Gasteiger partial charge in [-0.05, 0) is 36.8 Å². The van der Waals surface area contributed by atoms with Crippen LogP contribution in [0.5, 0.6) is 0 Å². The first-order chi connectivity index (χ1) is 13.4. The van der Waals surface area contributed by atoms with E-state index in [1.165, 1.54) is 17.1 Å². The van der Waals surface area contributed by atoms with E-state index in [-0.39, 0.29) is 17.6 Å². The number of unbranched alkanes of at least 4 members (excludes halogenated alkanes) is 1. The number of nitrogens with zero attached hydrogens (tertiary/aromatic N) is 1. The van der Waals surface area contributed by atoms with E-state index >= 15 is 0 Å². The van der Waals surface area contributed by atoms with Crippen LogP contribution >= 0.6 is 11.6 Å². The molecule has 1 aromatic rings. The molecule has 2 rings (SSSR count). The minimum Gasteiger partial charge on any atom is -0.356 e. The monoisotopic (exact) mass is 428 g/mol. The molecule has 1 aromatic carbocycles. The van der Waals surface area contributed by atoms with Gasteiger partial charge in [-0.15, -0.1) is 0 Å². The largest absolute Gasteiger partial charge is 0.356 e. The Bertz CT molecular complexity index is 731. The van der Waals surface area contributed by atoms with Crippen LogP contribution in [-0.4, -0.2) is 38.3 Å². The highest BCUT2D eigenvalue weighted by atomic mass is 35.5. The molecule has 0 aliphatic carbocycles. The second-order valence-electron chi connectivity index (χ2n) is 7.68. The van der Waals surface area contributed by atoms with Crippen molar-refractivity contribution in [2.24, 2.45) is 11.8 Å². The molecule has 0 aromatic heterocycles. The van der Waals surface area contributed by atoms with Gasteiger partial charge < -0.3 is 5.32 Å². The number of rotatable bonds is 10. The molecule has 5 nitrogen and oxygen atoms in total. The van der Waals surface area contributed by atoms with E-state index < -0.39 is 10.0 Å². The van der Waals surface area contributed by atoms with E-state index in [1.807, 2.05) is 0 Å². The predicted octanol–water partition coefficient (Wildman–Crippen LogP) is 4.21. The lowest BCUT2D eigenvalue weighted by atomic mass is 9.95. The molecule has 1 saturated heterocycles. The van der Waals surface area contributed by atoms with Crippen LogP contribution in [0.1, 0.15) is 57.9 Å². The first-order valence-electron chi connectivity index (χ1n) is 10.4. The maximum Gasteiger partial charge on any atom is 0.223 e. The fraction of sp³-hybridized carbons (Fsp3) is 0.667. The van der Waals surface area contributed by atoms with Crippen LogP contribution in [0, 0.1) is 11.8 Å². The number of benzene rings is 1. The molecular weight excluding hydrogens is 396 g/mol. The lowest BCUT2D eigenvalue weighted by molar-refractivity contribution is -0.126. The summed E-state index contributed by atoms with van der Waals surface area (Å²) in [4.78, 5) is 12.5. The molecule has 1 aliphatic heterocycles. The number of carbonyl (C=O) groups is 1. The van der Waals surface area contributed by atoms with Crippen molar-refractivity contribution in [3.05, 3.63) is 34.9 Å². The minimum atomic E-state index is -3.43. The molecule has 0 saturated carbocycles. The van der Waals surface area contributed by atoms with Gasteiger partial charge in [0.2, 0.25) is 15.9 Å². The quantitative estimate of drug-likeness (QED) is 0.606. The molecular formula is C21H33ClN2O3S. The maximum absolute atomic E-state index is 12.7. The fourth-order valence-electron chi connectivity index (χ4n) is 3.63. The molecule has 0 unspecified atom stereocenters. The van der Waals surface area contributed by atoms with Gasteiger partial charge in [0.1, 0.15) is 0 Å².